The number of carbonyl (C=O) groups excluding carboxylic acids is 2. The molecule has 6 nitrogen and oxygen atoms in total. The number of esters is 1. The van der Waals surface area contributed by atoms with E-state index in [1.165, 1.54) is 7.11 Å². The van der Waals surface area contributed by atoms with Gasteiger partial charge < -0.3 is 14.4 Å². The van der Waals surface area contributed by atoms with Gasteiger partial charge >= 0.3 is 12.1 Å². The van der Waals surface area contributed by atoms with Gasteiger partial charge in [0.2, 0.25) is 0 Å². The number of rotatable bonds is 1. The molecule has 0 radical (unpaired) electrons. The molecule has 120 valence electrons. The molecular formula is C15H26N2O4. The summed E-state index contributed by atoms with van der Waals surface area (Å²) in [5, 5.41) is 3.33. The van der Waals surface area contributed by atoms with Crippen LogP contribution in [0, 0.1) is 0 Å². The van der Waals surface area contributed by atoms with Gasteiger partial charge in [-0.3, -0.25) is 10.1 Å². The summed E-state index contributed by atoms with van der Waals surface area (Å²) in [5.74, 6) is -0.220. The van der Waals surface area contributed by atoms with Crippen LogP contribution in [0.5, 0.6) is 0 Å². The van der Waals surface area contributed by atoms with E-state index in [1.54, 1.807) is 0 Å². The van der Waals surface area contributed by atoms with Gasteiger partial charge in [-0.1, -0.05) is 0 Å². The zero-order valence-corrected chi connectivity index (χ0v) is 13.3. The fourth-order valence-electron chi connectivity index (χ4n) is 3.16. The number of nitrogens with one attached hydrogen (secondary N) is 1. The van der Waals surface area contributed by atoms with Crippen LogP contribution in [0.2, 0.25) is 0 Å². The summed E-state index contributed by atoms with van der Waals surface area (Å²) in [5.41, 5.74) is -0.485. The Morgan fingerprint density at radius 2 is 1.90 bits per heavy atom. The topological polar surface area (TPSA) is 67.9 Å². The Morgan fingerprint density at radius 1 is 1.19 bits per heavy atom. The normalized spacial score (nSPS) is 29.5. The number of likely N-dealkylation sites (tertiary alicyclic amines) is 1. The molecule has 2 rings (SSSR count). The predicted molar refractivity (Wildman–Crippen MR) is 77.9 cm³/mol. The minimum Gasteiger partial charge on any atom is -0.468 e. The van der Waals surface area contributed by atoms with Crippen molar-refractivity contribution >= 4 is 12.1 Å². The van der Waals surface area contributed by atoms with Gasteiger partial charge in [0.15, 0.2) is 0 Å². The third-order valence-electron chi connectivity index (χ3n) is 4.06. The van der Waals surface area contributed by atoms with E-state index in [4.69, 9.17) is 9.47 Å². The average Bonchev–Trinajstić information content (AvgIpc) is 2.43. The third-order valence-corrected chi connectivity index (χ3v) is 4.06. The molecule has 1 N–H and O–H groups in total. The van der Waals surface area contributed by atoms with Gasteiger partial charge in [0, 0.05) is 12.6 Å². The van der Waals surface area contributed by atoms with Gasteiger partial charge in [-0.15, -0.1) is 0 Å². The van der Waals surface area contributed by atoms with Crippen molar-refractivity contribution in [3.05, 3.63) is 0 Å². The lowest BCUT2D eigenvalue weighted by molar-refractivity contribution is -0.144. The average molecular weight is 298 g/mol. The molecule has 0 aliphatic carbocycles. The number of fused-ring (bicyclic) bond motifs is 1. The second-order valence-electron chi connectivity index (χ2n) is 6.81. The van der Waals surface area contributed by atoms with Gasteiger partial charge in [-0.2, -0.15) is 0 Å². The Morgan fingerprint density at radius 3 is 2.52 bits per heavy atom. The third kappa shape index (κ3) is 3.87. The number of methoxy groups -OCH3 is 1. The van der Waals surface area contributed by atoms with Crippen LogP contribution in [0.25, 0.3) is 0 Å². The second kappa shape index (κ2) is 6.22. The van der Waals surface area contributed by atoms with Gasteiger partial charge in [-0.25, -0.2) is 4.79 Å². The molecule has 0 aromatic rings. The molecule has 0 saturated carbocycles. The molecule has 0 spiro atoms. The largest absolute Gasteiger partial charge is 0.468 e. The number of amides is 1. The summed E-state index contributed by atoms with van der Waals surface area (Å²) in [6, 6.07) is -0.00605. The molecule has 2 heterocycles. The summed E-state index contributed by atoms with van der Waals surface area (Å²) >= 11 is 0. The molecule has 2 fully saturated rings. The Bertz CT molecular complexity index is 405. The number of nitrogens with zero attached hydrogens (tertiary/aromatic N) is 1. The van der Waals surface area contributed by atoms with E-state index in [0.29, 0.717) is 6.42 Å². The zero-order chi connectivity index (χ0) is 15.6. The predicted octanol–water partition coefficient (Wildman–Crippen LogP) is 1.68. The van der Waals surface area contributed by atoms with Gasteiger partial charge in [0.1, 0.15) is 11.6 Å². The maximum absolute atomic E-state index is 12.3. The minimum absolute atomic E-state index is 0.106. The number of ether oxygens (including phenoxy) is 2. The number of hydrogen-bond acceptors (Lipinski definition) is 5. The summed E-state index contributed by atoms with van der Waals surface area (Å²) in [4.78, 5) is 25.8. The van der Waals surface area contributed by atoms with Crippen molar-refractivity contribution in [1.29, 1.82) is 0 Å². The second-order valence-corrected chi connectivity index (χ2v) is 6.81. The fraction of sp³-hybridized carbons (Fsp3) is 0.867. The lowest BCUT2D eigenvalue weighted by atomic mass is 9.87. The molecule has 1 unspecified atom stereocenters. The van der Waals surface area contributed by atoms with Crippen LogP contribution in [0.1, 0.15) is 46.5 Å². The zero-order valence-electron chi connectivity index (χ0n) is 13.3. The fourth-order valence-corrected chi connectivity index (χ4v) is 3.16. The van der Waals surface area contributed by atoms with Crippen LogP contribution in [0.3, 0.4) is 0 Å². The van der Waals surface area contributed by atoms with Crippen LogP contribution in [-0.4, -0.2) is 54.3 Å². The van der Waals surface area contributed by atoms with Gasteiger partial charge in [-0.05, 0) is 46.5 Å². The highest BCUT2D eigenvalue weighted by atomic mass is 16.6. The SMILES string of the molecule is COC(=O)C1CC[C@@H]2[C@H](CCCN2C(=O)OC(C)(C)C)N1. The van der Waals surface area contributed by atoms with Gasteiger partial charge in [0.25, 0.3) is 0 Å². The molecule has 3 atom stereocenters. The summed E-state index contributed by atoms with van der Waals surface area (Å²) < 4.78 is 10.3. The molecule has 0 aromatic heterocycles. The van der Waals surface area contributed by atoms with Crippen LogP contribution in [-0.2, 0) is 14.3 Å². The monoisotopic (exact) mass is 298 g/mol. The molecular weight excluding hydrogens is 272 g/mol. The number of piperidine rings is 2. The first-order valence-corrected chi connectivity index (χ1v) is 7.65. The quantitative estimate of drug-likeness (QED) is 0.746. The molecule has 1 amide bonds. The van der Waals surface area contributed by atoms with Crippen LogP contribution >= 0.6 is 0 Å². The van der Waals surface area contributed by atoms with Crippen molar-refractivity contribution in [2.24, 2.45) is 0 Å². The van der Waals surface area contributed by atoms with E-state index in [9.17, 15) is 9.59 Å². The van der Waals surface area contributed by atoms with Crippen molar-refractivity contribution in [2.45, 2.75) is 70.2 Å². The summed E-state index contributed by atoms with van der Waals surface area (Å²) in [6.45, 7) is 6.34. The molecule has 0 aromatic carbocycles. The highest BCUT2D eigenvalue weighted by Crippen LogP contribution is 2.28. The number of hydrogen-bond donors (Lipinski definition) is 1. The highest BCUT2D eigenvalue weighted by Gasteiger charge is 2.41. The summed E-state index contributed by atoms with van der Waals surface area (Å²) in [6.07, 6.45) is 3.12. The highest BCUT2D eigenvalue weighted by molar-refractivity contribution is 5.76. The van der Waals surface area contributed by atoms with Crippen molar-refractivity contribution in [1.82, 2.24) is 10.2 Å². The summed E-state index contributed by atoms with van der Waals surface area (Å²) in [7, 11) is 1.41. The van der Waals surface area contributed by atoms with Crippen molar-refractivity contribution in [3.63, 3.8) is 0 Å². The van der Waals surface area contributed by atoms with Crippen molar-refractivity contribution in [3.8, 4) is 0 Å². The first kappa shape index (κ1) is 16.1. The lowest BCUT2D eigenvalue weighted by Gasteiger charge is -2.46. The Kier molecular flexibility index (Phi) is 4.76. The van der Waals surface area contributed by atoms with E-state index >= 15 is 0 Å². The molecule has 2 aliphatic rings. The molecule has 21 heavy (non-hydrogen) atoms. The smallest absolute Gasteiger partial charge is 0.410 e. The van der Waals surface area contributed by atoms with E-state index in [2.05, 4.69) is 5.32 Å². The standard InChI is InChI=1S/C15H26N2O4/c1-15(2,3)21-14(19)17-9-5-6-10-12(17)8-7-11(16-10)13(18)20-4/h10-12,16H,5-9H2,1-4H3/t10-,11?,12+/m0/s1. The van der Waals surface area contributed by atoms with Gasteiger partial charge in [0.05, 0.1) is 13.2 Å². The maximum atomic E-state index is 12.3. The minimum atomic E-state index is -0.485. The van der Waals surface area contributed by atoms with E-state index < -0.39 is 5.60 Å². The molecule has 2 aliphatic heterocycles. The Labute approximate surface area is 126 Å². The van der Waals surface area contributed by atoms with Crippen LogP contribution in [0.15, 0.2) is 0 Å². The first-order valence-electron chi connectivity index (χ1n) is 7.65. The van der Waals surface area contributed by atoms with Crippen LogP contribution in [0.4, 0.5) is 4.79 Å². The Hall–Kier alpha value is -1.30. The number of carbonyl (C=O) groups is 2. The Balaban J connectivity index is 2.01. The van der Waals surface area contributed by atoms with Crippen molar-refractivity contribution in [2.75, 3.05) is 13.7 Å². The van der Waals surface area contributed by atoms with E-state index in [-0.39, 0.29) is 30.2 Å². The van der Waals surface area contributed by atoms with Crippen molar-refractivity contribution < 1.29 is 19.1 Å². The van der Waals surface area contributed by atoms with Crippen LogP contribution < -0.4 is 5.32 Å². The molecule has 0 bridgehead atoms. The van der Waals surface area contributed by atoms with E-state index in [0.717, 1.165) is 25.8 Å². The maximum Gasteiger partial charge on any atom is 0.410 e. The lowest BCUT2D eigenvalue weighted by Crippen LogP contribution is -2.62. The van der Waals surface area contributed by atoms with E-state index in [1.807, 2.05) is 25.7 Å². The molecule has 2 saturated heterocycles. The first-order chi connectivity index (χ1) is 9.81. The molecule has 6 heteroatoms.